The summed E-state index contributed by atoms with van der Waals surface area (Å²) in [5.74, 6) is -1.30. The fraction of sp³-hybridized carbons (Fsp3) is 0.185. The minimum atomic E-state index is -1.05. The van der Waals surface area contributed by atoms with E-state index >= 15 is 0 Å². The van der Waals surface area contributed by atoms with Gasteiger partial charge >= 0.3 is 0 Å². The average molecular weight is 469 g/mol. The fourth-order valence-electron chi connectivity index (χ4n) is 4.47. The van der Waals surface area contributed by atoms with Gasteiger partial charge in [-0.15, -0.1) is 0 Å². The molecule has 3 aromatic carbocycles. The molecule has 2 heterocycles. The Bertz CT molecular complexity index is 1320. The van der Waals surface area contributed by atoms with Crippen LogP contribution in [0.3, 0.4) is 0 Å². The number of fused-ring (bicyclic) bond motifs is 1. The summed E-state index contributed by atoms with van der Waals surface area (Å²) in [6.45, 7) is 2.38. The van der Waals surface area contributed by atoms with Crippen molar-refractivity contribution in [2.24, 2.45) is 11.0 Å². The average Bonchev–Trinajstić information content (AvgIpc) is 3.41. The molecule has 0 aliphatic carbocycles. The number of Topliss-reactive ketones (excluding diaryl/α,β-unsaturated/α-hetero) is 1. The molecule has 2 aliphatic heterocycles. The highest BCUT2D eigenvalue weighted by molar-refractivity contribution is 6.53. The minimum absolute atomic E-state index is 0.0268. The van der Waals surface area contributed by atoms with E-state index in [2.05, 4.69) is 5.10 Å². The third kappa shape index (κ3) is 3.73. The Morgan fingerprint density at radius 1 is 0.914 bits per heavy atom. The molecule has 2 atom stereocenters. The Labute approximate surface area is 202 Å². The van der Waals surface area contributed by atoms with Gasteiger partial charge in [0.1, 0.15) is 34.9 Å². The summed E-state index contributed by atoms with van der Waals surface area (Å²) in [5.41, 5.74) is 1.32. The molecule has 0 saturated carbocycles. The van der Waals surface area contributed by atoms with Gasteiger partial charge in [-0.2, -0.15) is 5.10 Å². The van der Waals surface area contributed by atoms with Gasteiger partial charge in [0, 0.05) is 5.56 Å². The van der Waals surface area contributed by atoms with Crippen LogP contribution in [0.25, 0.3) is 0 Å². The van der Waals surface area contributed by atoms with E-state index in [0.717, 1.165) is 4.90 Å². The molecular formula is C27H23N3O5. The highest BCUT2D eigenvalue weighted by Crippen LogP contribution is 2.41. The summed E-state index contributed by atoms with van der Waals surface area (Å²) in [6.07, 6.45) is 0. The largest absolute Gasteiger partial charge is 0.495 e. The molecule has 0 bridgehead atoms. The monoisotopic (exact) mass is 469 g/mol. The van der Waals surface area contributed by atoms with Gasteiger partial charge in [0.2, 0.25) is 11.7 Å². The van der Waals surface area contributed by atoms with E-state index in [1.807, 2.05) is 6.92 Å². The van der Waals surface area contributed by atoms with Crippen molar-refractivity contribution in [1.29, 1.82) is 0 Å². The van der Waals surface area contributed by atoms with E-state index in [1.54, 1.807) is 78.9 Å². The number of hydrogen-bond donors (Lipinski definition) is 0. The van der Waals surface area contributed by atoms with Crippen LogP contribution in [0, 0.1) is 5.92 Å². The standard InChI is InChI=1S/C27H23N3O5/c1-3-35-19-15-13-18(14-16-19)29-26(32)22-23(25(31)17-9-5-4-6-10-17)28-30(24(22)27(29)33)20-11-7-8-12-21(20)34-2/h4-16,22,24H,3H2,1-2H3/t22-,24+/m0/s1. The molecule has 2 amide bonds. The number of para-hydroxylation sites is 2. The topological polar surface area (TPSA) is 88.5 Å². The normalized spacial score (nSPS) is 19.0. The zero-order valence-electron chi connectivity index (χ0n) is 19.3. The highest BCUT2D eigenvalue weighted by Gasteiger charge is 2.59. The molecule has 8 heteroatoms. The number of ketones is 1. The van der Waals surface area contributed by atoms with Crippen LogP contribution in [0.1, 0.15) is 17.3 Å². The maximum absolute atomic E-state index is 13.7. The second-order valence-electron chi connectivity index (χ2n) is 8.06. The third-order valence-corrected chi connectivity index (χ3v) is 6.06. The second-order valence-corrected chi connectivity index (χ2v) is 8.06. The summed E-state index contributed by atoms with van der Waals surface area (Å²) < 4.78 is 11.0. The number of hydrazone groups is 1. The van der Waals surface area contributed by atoms with Crippen LogP contribution >= 0.6 is 0 Å². The van der Waals surface area contributed by atoms with Crippen molar-refractivity contribution >= 4 is 34.7 Å². The molecular weight excluding hydrogens is 446 g/mol. The van der Waals surface area contributed by atoms with Gasteiger partial charge in [0.05, 0.1) is 19.4 Å². The Kier molecular flexibility index (Phi) is 5.78. The van der Waals surface area contributed by atoms with E-state index < -0.39 is 29.6 Å². The van der Waals surface area contributed by atoms with Crippen molar-refractivity contribution in [3.05, 3.63) is 84.4 Å². The quantitative estimate of drug-likeness (QED) is 0.387. The number of ether oxygens (including phenoxy) is 2. The molecule has 176 valence electrons. The fourth-order valence-corrected chi connectivity index (χ4v) is 4.47. The Balaban J connectivity index is 1.59. The molecule has 0 radical (unpaired) electrons. The second kappa shape index (κ2) is 9.06. The third-order valence-electron chi connectivity index (χ3n) is 6.06. The SMILES string of the molecule is CCOc1ccc(N2C(=O)[C@H]3C(C(=O)c4ccccc4)=NN(c4ccccc4OC)[C@H]3C2=O)cc1. The van der Waals surface area contributed by atoms with E-state index in [-0.39, 0.29) is 5.71 Å². The van der Waals surface area contributed by atoms with E-state index in [9.17, 15) is 14.4 Å². The molecule has 5 rings (SSSR count). The first-order chi connectivity index (χ1) is 17.0. The first-order valence-corrected chi connectivity index (χ1v) is 11.3. The first-order valence-electron chi connectivity index (χ1n) is 11.3. The van der Waals surface area contributed by atoms with Gasteiger partial charge in [-0.25, -0.2) is 9.91 Å². The lowest BCUT2D eigenvalue weighted by molar-refractivity contribution is -0.121. The minimum Gasteiger partial charge on any atom is -0.495 e. The summed E-state index contributed by atoms with van der Waals surface area (Å²) in [4.78, 5) is 41.9. The molecule has 0 unspecified atom stereocenters. The van der Waals surface area contributed by atoms with Gasteiger partial charge < -0.3 is 9.47 Å². The molecule has 1 fully saturated rings. The van der Waals surface area contributed by atoms with Crippen molar-refractivity contribution in [2.75, 3.05) is 23.6 Å². The van der Waals surface area contributed by atoms with Gasteiger partial charge in [-0.05, 0) is 43.3 Å². The zero-order valence-corrected chi connectivity index (χ0v) is 19.3. The lowest BCUT2D eigenvalue weighted by Crippen LogP contribution is -2.39. The van der Waals surface area contributed by atoms with Crippen LogP contribution in [-0.2, 0) is 9.59 Å². The Morgan fingerprint density at radius 3 is 2.29 bits per heavy atom. The van der Waals surface area contributed by atoms with Crippen molar-refractivity contribution < 1.29 is 23.9 Å². The predicted molar refractivity (Wildman–Crippen MR) is 131 cm³/mol. The predicted octanol–water partition coefficient (Wildman–Crippen LogP) is 3.71. The van der Waals surface area contributed by atoms with Gasteiger partial charge in [0.15, 0.2) is 0 Å². The molecule has 0 N–H and O–H groups in total. The molecule has 1 saturated heterocycles. The lowest BCUT2D eigenvalue weighted by atomic mass is 9.92. The molecule has 0 aromatic heterocycles. The molecule has 8 nitrogen and oxygen atoms in total. The van der Waals surface area contributed by atoms with Crippen LogP contribution in [0.2, 0.25) is 0 Å². The number of anilines is 2. The van der Waals surface area contributed by atoms with Crippen LogP contribution in [-0.4, -0.2) is 43.1 Å². The number of carbonyl (C=O) groups is 3. The highest BCUT2D eigenvalue weighted by atomic mass is 16.5. The molecule has 0 spiro atoms. The molecule has 35 heavy (non-hydrogen) atoms. The Morgan fingerprint density at radius 2 is 1.60 bits per heavy atom. The number of methoxy groups -OCH3 is 1. The van der Waals surface area contributed by atoms with E-state index in [4.69, 9.17) is 9.47 Å². The maximum Gasteiger partial charge on any atom is 0.259 e. The molecule has 2 aliphatic rings. The number of benzene rings is 3. The van der Waals surface area contributed by atoms with Crippen molar-refractivity contribution in [2.45, 2.75) is 13.0 Å². The maximum atomic E-state index is 13.7. The lowest BCUT2D eigenvalue weighted by Gasteiger charge is -2.23. The van der Waals surface area contributed by atoms with Crippen molar-refractivity contribution in [3.63, 3.8) is 0 Å². The van der Waals surface area contributed by atoms with Crippen LogP contribution in [0.5, 0.6) is 11.5 Å². The van der Waals surface area contributed by atoms with Crippen molar-refractivity contribution in [3.8, 4) is 11.5 Å². The number of hydrogen-bond acceptors (Lipinski definition) is 7. The number of imide groups is 1. The summed E-state index contributed by atoms with van der Waals surface area (Å²) >= 11 is 0. The van der Waals surface area contributed by atoms with Gasteiger partial charge in [0.25, 0.3) is 5.91 Å². The smallest absolute Gasteiger partial charge is 0.259 e. The van der Waals surface area contributed by atoms with Crippen LogP contribution < -0.4 is 19.4 Å². The van der Waals surface area contributed by atoms with Gasteiger partial charge in [-0.1, -0.05) is 42.5 Å². The number of nitrogens with zero attached hydrogens (tertiary/aromatic N) is 3. The number of carbonyl (C=O) groups excluding carboxylic acids is 3. The van der Waals surface area contributed by atoms with Crippen LogP contribution in [0.15, 0.2) is 84.0 Å². The van der Waals surface area contributed by atoms with Crippen molar-refractivity contribution in [1.82, 2.24) is 0 Å². The van der Waals surface area contributed by atoms with E-state index in [1.165, 1.54) is 12.1 Å². The zero-order chi connectivity index (χ0) is 24.5. The molecule has 3 aromatic rings. The Hall–Kier alpha value is -4.46. The summed E-state index contributed by atoms with van der Waals surface area (Å²) in [6, 6.07) is 21.4. The summed E-state index contributed by atoms with van der Waals surface area (Å²) in [7, 11) is 1.51. The first kappa shape index (κ1) is 22.3. The van der Waals surface area contributed by atoms with E-state index in [0.29, 0.717) is 35.0 Å². The van der Waals surface area contributed by atoms with Crippen LogP contribution in [0.4, 0.5) is 11.4 Å². The van der Waals surface area contributed by atoms with Gasteiger partial charge in [-0.3, -0.25) is 14.4 Å². The summed E-state index contributed by atoms with van der Waals surface area (Å²) in [5, 5.41) is 5.97. The number of rotatable bonds is 7. The number of amides is 2.